The van der Waals surface area contributed by atoms with Gasteiger partial charge in [-0.05, 0) is 18.1 Å². The Hall–Kier alpha value is -1.37. The maximum atomic E-state index is 11.1. The van der Waals surface area contributed by atoms with Crippen molar-refractivity contribution in [3.05, 3.63) is 48.0 Å². The molecule has 1 aromatic rings. The summed E-state index contributed by atoms with van der Waals surface area (Å²) in [7, 11) is 0. The number of rotatable bonds is 3. The molecule has 13 heavy (non-hydrogen) atoms. The molecule has 0 amide bonds. The van der Waals surface area contributed by atoms with E-state index in [0.717, 1.165) is 5.56 Å². The van der Waals surface area contributed by atoms with Crippen LogP contribution in [-0.2, 0) is 4.79 Å². The first-order chi connectivity index (χ1) is 6.13. The maximum absolute atomic E-state index is 11.1. The molecule has 1 rings (SSSR count). The summed E-state index contributed by atoms with van der Waals surface area (Å²) in [6.45, 7) is 7.34. The molecule has 1 atom stereocenters. The quantitative estimate of drug-likeness (QED) is 0.644. The first-order valence-electron chi connectivity index (χ1n) is 4.37. The molecule has 0 aliphatic carbocycles. The van der Waals surface area contributed by atoms with E-state index in [4.69, 9.17) is 0 Å². The van der Waals surface area contributed by atoms with E-state index in [1.807, 2.05) is 37.3 Å². The third-order valence-electron chi connectivity index (χ3n) is 2.27. The Morgan fingerprint density at radius 2 is 1.85 bits per heavy atom. The Bertz CT molecular complexity index is 311. The zero-order valence-electron chi connectivity index (χ0n) is 8.08. The second kappa shape index (κ2) is 4.04. The van der Waals surface area contributed by atoms with Crippen LogP contribution in [0, 0.1) is 0 Å². The van der Waals surface area contributed by atoms with Crippen molar-refractivity contribution in [1.29, 1.82) is 0 Å². The molecule has 0 saturated heterocycles. The molecule has 0 bridgehead atoms. The number of Topliss-reactive ketones (excluding diaryl/α,β-unsaturated/α-hetero) is 1. The van der Waals surface area contributed by atoms with Crippen LogP contribution in [0.25, 0.3) is 0 Å². The van der Waals surface area contributed by atoms with Gasteiger partial charge in [-0.3, -0.25) is 4.79 Å². The number of ketones is 1. The molecule has 1 unspecified atom stereocenters. The van der Waals surface area contributed by atoms with E-state index >= 15 is 0 Å². The monoisotopic (exact) mass is 174 g/mol. The Morgan fingerprint density at radius 3 is 2.31 bits per heavy atom. The Labute approximate surface area is 79.1 Å². The number of hydrogen-bond donors (Lipinski definition) is 0. The lowest BCUT2D eigenvalue weighted by atomic mass is 9.92. The van der Waals surface area contributed by atoms with Crippen LogP contribution in [0.2, 0.25) is 0 Å². The van der Waals surface area contributed by atoms with E-state index in [0.29, 0.717) is 5.57 Å². The summed E-state index contributed by atoms with van der Waals surface area (Å²) < 4.78 is 0. The fourth-order valence-electron chi connectivity index (χ4n) is 1.25. The van der Waals surface area contributed by atoms with Crippen molar-refractivity contribution in [3.63, 3.8) is 0 Å². The summed E-state index contributed by atoms with van der Waals surface area (Å²) >= 11 is 0. The Kier molecular flexibility index (Phi) is 3.02. The summed E-state index contributed by atoms with van der Waals surface area (Å²) in [4.78, 5) is 11.1. The first kappa shape index (κ1) is 9.72. The smallest absolute Gasteiger partial charge is 0.155 e. The summed E-state index contributed by atoms with van der Waals surface area (Å²) in [5, 5.41) is 0. The van der Waals surface area contributed by atoms with Crippen molar-refractivity contribution >= 4 is 5.78 Å². The van der Waals surface area contributed by atoms with E-state index in [2.05, 4.69) is 6.58 Å². The Balaban J connectivity index is 2.86. The molecule has 0 N–H and O–H groups in total. The lowest BCUT2D eigenvalue weighted by Gasteiger charge is -2.11. The van der Waals surface area contributed by atoms with Crippen LogP contribution >= 0.6 is 0 Å². The molecule has 0 fully saturated rings. The van der Waals surface area contributed by atoms with Gasteiger partial charge in [0.2, 0.25) is 0 Å². The average molecular weight is 174 g/mol. The van der Waals surface area contributed by atoms with E-state index in [1.54, 1.807) is 6.92 Å². The fraction of sp³-hybridized carbons (Fsp3) is 0.250. The van der Waals surface area contributed by atoms with E-state index < -0.39 is 0 Å². The van der Waals surface area contributed by atoms with Gasteiger partial charge < -0.3 is 0 Å². The highest BCUT2D eigenvalue weighted by molar-refractivity contribution is 5.94. The van der Waals surface area contributed by atoms with Crippen LogP contribution in [-0.4, -0.2) is 5.78 Å². The van der Waals surface area contributed by atoms with E-state index in [-0.39, 0.29) is 11.7 Å². The van der Waals surface area contributed by atoms with Crippen LogP contribution in [0.15, 0.2) is 42.5 Å². The van der Waals surface area contributed by atoms with Crippen molar-refractivity contribution in [2.45, 2.75) is 19.8 Å². The molecule has 0 spiro atoms. The minimum absolute atomic E-state index is 0.0661. The molecule has 1 heteroatoms. The van der Waals surface area contributed by atoms with Crippen molar-refractivity contribution in [1.82, 2.24) is 0 Å². The standard InChI is InChI=1S/C12H14O/c1-9(11(3)13)10(2)12-7-5-4-6-8-12/h4-8,10H,1H2,2-3H3. The molecule has 0 aliphatic rings. The van der Waals surface area contributed by atoms with Gasteiger partial charge in [0, 0.05) is 5.92 Å². The molecule has 68 valence electrons. The molecule has 0 radical (unpaired) electrons. The predicted molar refractivity (Wildman–Crippen MR) is 54.7 cm³/mol. The number of carbonyl (C=O) groups excluding carboxylic acids is 1. The summed E-state index contributed by atoms with van der Waals surface area (Å²) in [5.74, 6) is 0.190. The minimum Gasteiger partial charge on any atom is -0.295 e. The molecule has 1 aromatic carbocycles. The average Bonchev–Trinajstić information content (AvgIpc) is 2.17. The lowest BCUT2D eigenvalue weighted by Crippen LogP contribution is -2.04. The topological polar surface area (TPSA) is 17.1 Å². The van der Waals surface area contributed by atoms with Gasteiger partial charge in [0.25, 0.3) is 0 Å². The predicted octanol–water partition coefficient (Wildman–Crippen LogP) is 2.94. The molecule has 0 aromatic heterocycles. The van der Waals surface area contributed by atoms with Crippen LogP contribution < -0.4 is 0 Å². The van der Waals surface area contributed by atoms with Gasteiger partial charge in [-0.2, -0.15) is 0 Å². The van der Waals surface area contributed by atoms with E-state index in [9.17, 15) is 4.79 Å². The summed E-state index contributed by atoms with van der Waals surface area (Å²) in [6.07, 6.45) is 0. The van der Waals surface area contributed by atoms with Crippen molar-refractivity contribution in [2.75, 3.05) is 0 Å². The van der Waals surface area contributed by atoms with Gasteiger partial charge in [0.15, 0.2) is 5.78 Å². The zero-order chi connectivity index (χ0) is 9.84. The van der Waals surface area contributed by atoms with Crippen molar-refractivity contribution in [2.24, 2.45) is 0 Å². The molecular formula is C12H14O. The SMILES string of the molecule is C=C(C(C)=O)C(C)c1ccccc1. The van der Waals surface area contributed by atoms with Gasteiger partial charge in [-0.25, -0.2) is 0 Å². The highest BCUT2D eigenvalue weighted by atomic mass is 16.1. The maximum Gasteiger partial charge on any atom is 0.155 e. The third-order valence-corrected chi connectivity index (χ3v) is 2.27. The Morgan fingerprint density at radius 1 is 1.31 bits per heavy atom. The number of carbonyl (C=O) groups is 1. The van der Waals surface area contributed by atoms with Gasteiger partial charge in [0.1, 0.15) is 0 Å². The molecule has 0 aliphatic heterocycles. The van der Waals surface area contributed by atoms with Crippen LogP contribution in [0.5, 0.6) is 0 Å². The van der Waals surface area contributed by atoms with Crippen LogP contribution in [0.4, 0.5) is 0 Å². The molecule has 1 nitrogen and oxygen atoms in total. The van der Waals surface area contributed by atoms with E-state index in [1.165, 1.54) is 0 Å². The minimum atomic E-state index is 0.0661. The second-order valence-corrected chi connectivity index (χ2v) is 3.21. The fourth-order valence-corrected chi connectivity index (χ4v) is 1.25. The first-order valence-corrected chi connectivity index (χ1v) is 4.37. The third kappa shape index (κ3) is 2.28. The van der Waals surface area contributed by atoms with Gasteiger partial charge in [-0.1, -0.05) is 43.8 Å². The number of hydrogen-bond acceptors (Lipinski definition) is 1. The summed E-state index contributed by atoms with van der Waals surface area (Å²) in [6, 6.07) is 9.93. The van der Waals surface area contributed by atoms with Crippen molar-refractivity contribution < 1.29 is 4.79 Å². The van der Waals surface area contributed by atoms with Gasteiger partial charge >= 0.3 is 0 Å². The normalized spacial score (nSPS) is 12.2. The highest BCUT2D eigenvalue weighted by Gasteiger charge is 2.11. The second-order valence-electron chi connectivity index (χ2n) is 3.21. The zero-order valence-corrected chi connectivity index (χ0v) is 8.08. The van der Waals surface area contributed by atoms with Gasteiger partial charge in [0.05, 0.1) is 0 Å². The molecule has 0 saturated carbocycles. The van der Waals surface area contributed by atoms with Crippen LogP contribution in [0.3, 0.4) is 0 Å². The number of allylic oxidation sites excluding steroid dienone is 1. The van der Waals surface area contributed by atoms with Gasteiger partial charge in [-0.15, -0.1) is 0 Å². The highest BCUT2D eigenvalue weighted by Crippen LogP contribution is 2.22. The van der Waals surface area contributed by atoms with Crippen molar-refractivity contribution in [3.8, 4) is 0 Å². The largest absolute Gasteiger partial charge is 0.295 e. The lowest BCUT2D eigenvalue weighted by molar-refractivity contribution is -0.113. The molecule has 0 heterocycles. The molecular weight excluding hydrogens is 160 g/mol. The number of benzene rings is 1. The summed E-state index contributed by atoms with van der Waals surface area (Å²) in [5.41, 5.74) is 1.81. The van der Waals surface area contributed by atoms with Crippen LogP contribution in [0.1, 0.15) is 25.3 Å².